The van der Waals surface area contributed by atoms with Crippen molar-refractivity contribution in [2.24, 2.45) is 10.9 Å². The van der Waals surface area contributed by atoms with E-state index in [0.717, 1.165) is 4.90 Å². The lowest BCUT2D eigenvalue weighted by Gasteiger charge is -2.28. The van der Waals surface area contributed by atoms with Crippen LogP contribution in [0.4, 0.5) is 9.59 Å². The number of rotatable bonds is 3. The van der Waals surface area contributed by atoms with E-state index in [1.165, 1.54) is 0 Å². The fourth-order valence-corrected chi connectivity index (χ4v) is 1.86. The molecule has 0 saturated carbocycles. The van der Waals surface area contributed by atoms with E-state index < -0.39 is 23.4 Å². The minimum Gasteiger partial charge on any atom is -0.443 e. The van der Waals surface area contributed by atoms with Crippen LogP contribution in [0.5, 0.6) is 0 Å². The number of amidine groups is 1. The topological polar surface area (TPSA) is 114 Å². The number of ether oxygens (including phenoxy) is 2. The van der Waals surface area contributed by atoms with Gasteiger partial charge in [-0.3, -0.25) is 0 Å². The van der Waals surface area contributed by atoms with Gasteiger partial charge in [-0.05, 0) is 47.1 Å². The maximum Gasteiger partial charge on any atom is 0.420 e. The Kier molecular flexibility index (Phi) is 6.60. The molecule has 3 N–H and O–H groups in total. The standard InChI is InChI=1S/C18H27N3O5/c1-17(2,3)25-15(22)21(16(23)26-18(4,5)6)11-12-7-9-13(10-8-12)14(19)20-24/h7-10,24H,11H2,1-6H3,(H2,19,20). The van der Waals surface area contributed by atoms with Crippen molar-refractivity contribution in [3.8, 4) is 0 Å². The maximum absolute atomic E-state index is 12.4. The van der Waals surface area contributed by atoms with Crippen LogP contribution in [0.25, 0.3) is 0 Å². The van der Waals surface area contributed by atoms with E-state index in [1.807, 2.05) is 0 Å². The number of oxime groups is 1. The Morgan fingerprint density at radius 1 is 1.00 bits per heavy atom. The molecular formula is C18H27N3O5. The summed E-state index contributed by atoms with van der Waals surface area (Å²) in [7, 11) is 0. The van der Waals surface area contributed by atoms with E-state index in [2.05, 4.69) is 5.16 Å². The normalized spacial score (nSPS) is 12.5. The van der Waals surface area contributed by atoms with Crippen molar-refractivity contribution in [1.82, 2.24) is 4.90 Å². The van der Waals surface area contributed by atoms with Crippen LogP contribution in [0.15, 0.2) is 29.4 Å². The average Bonchev–Trinajstić information content (AvgIpc) is 2.48. The highest BCUT2D eigenvalue weighted by atomic mass is 16.6. The summed E-state index contributed by atoms with van der Waals surface area (Å²) in [6.45, 7) is 10.2. The molecule has 0 radical (unpaired) electrons. The number of hydrogen-bond acceptors (Lipinski definition) is 6. The van der Waals surface area contributed by atoms with E-state index in [1.54, 1.807) is 65.8 Å². The zero-order valence-corrected chi connectivity index (χ0v) is 16.1. The molecule has 0 aliphatic carbocycles. The number of nitrogens with zero attached hydrogens (tertiary/aromatic N) is 2. The molecule has 8 heteroatoms. The minimum absolute atomic E-state index is 0.0345. The van der Waals surface area contributed by atoms with Crippen molar-refractivity contribution in [2.75, 3.05) is 0 Å². The van der Waals surface area contributed by atoms with Gasteiger partial charge in [0.25, 0.3) is 0 Å². The van der Waals surface area contributed by atoms with Crippen molar-refractivity contribution >= 4 is 18.0 Å². The predicted molar refractivity (Wildman–Crippen MR) is 97.0 cm³/mol. The number of benzene rings is 1. The molecule has 0 unspecified atom stereocenters. The largest absolute Gasteiger partial charge is 0.443 e. The van der Waals surface area contributed by atoms with Crippen LogP contribution in [-0.4, -0.2) is 39.3 Å². The van der Waals surface area contributed by atoms with Crippen LogP contribution in [0.1, 0.15) is 52.7 Å². The molecular weight excluding hydrogens is 338 g/mol. The van der Waals surface area contributed by atoms with E-state index in [0.29, 0.717) is 11.1 Å². The van der Waals surface area contributed by atoms with Crippen LogP contribution in [0.2, 0.25) is 0 Å². The van der Waals surface area contributed by atoms with Crippen molar-refractivity contribution in [3.63, 3.8) is 0 Å². The molecule has 0 aliphatic heterocycles. The minimum atomic E-state index is -0.799. The SMILES string of the molecule is CC(C)(C)OC(=O)N(Cc1ccc(/C(N)=N/O)cc1)C(=O)OC(C)(C)C. The van der Waals surface area contributed by atoms with E-state index >= 15 is 0 Å². The van der Waals surface area contributed by atoms with Gasteiger partial charge in [-0.15, -0.1) is 0 Å². The van der Waals surface area contributed by atoms with E-state index in [-0.39, 0.29) is 12.4 Å². The first-order valence-corrected chi connectivity index (χ1v) is 8.13. The molecule has 26 heavy (non-hydrogen) atoms. The summed E-state index contributed by atoms with van der Waals surface area (Å²) in [4.78, 5) is 25.8. The monoisotopic (exact) mass is 365 g/mol. The lowest BCUT2D eigenvalue weighted by Crippen LogP contribution is -2.43. The number of carbonyl (C=O) groups is 2. The van der Waals surface area contributed by atoms with Gasteiger partial charge >= 0.3 is 12.2 Å². The predicted octanol–water partition coefficient (Wildman–Crippen LogP) is 3.45. The molecule has 2 amide bonds. The van der Waals surface area contributed by atoms with E-state index in [4.69, 9.17) is 20.4 Å². The van der Waals surface area contributed by atoms with Gasteiger partial charge < -0.3 is 20.4 Å². The summed E-state index contributed by atoms with van der Waals surface area (Å²) in [6, 6.07) is 6.56. The molecule has 1 aromatic rings. The molecule has 144 valence electrons. The third-order valence-corrected chi connectivity index (χ3v) is 2.93. The molecule has 1 aromatic carbocycles. The van der Waals surface area contributed by atoms with Gasteiger partial charge in [0.2, 0.25) is 0 Å². The fourth-order valence-electron chi connectivity index (χ4n) is 1.86. The highest BCUT2D eigenvalue weighted by molar-refractivity contribution is 5.97. The number of hydrogen-bond donors (Lipinski definition) is 2. The van der Waals surface area contributed by atoms with Crippen molar-refractivity contribution in [3.05, 3.63) is 35.4 Å². The zero-order valence-electron chi connectivity index (χ0n) is 16.1. The molecule has 8 nitrogen and oxygen atoms in total. The third-order valence-electron chi connectivity index (χ3n) is 2.93. The Morgan fingerprint density at radius 2 is 1.42 bits per heavy atom. The van der Waals surface area contributed by atoms with Gasteiger partial charge in [-0.25, -0.2) is 14.5 Å². The second-order valence-electron chi connectivity index (χ2n) is 7.73. The summed E-state index contributed by atoms with van der Waals surface area (Å²) in [5, 5.41) is 11.6. The van der Waals surface area contributed by atoms with Gasteiger partial charge in [0.05, 0.1) is 6.54 Å². The van der Waals surface area contributed by atoms with Gasteiger partial charge in [0.1, 0.15) is 11.2 Å². The van der Waals surface area contributed by atoms with Crippen molar-refractivity contribution in [2.45, 2.75) is 59.3 Å². The summed E-state index contributed by atoms with van der Waals surface area (Å²) in [6.07, 6.45) is -1.60. The van der Waals surface area contributed by atoms with Crippen molar-refractivity contribution in [1.29, 1.82) is 0 Å². The van der Waals surface area contributed by atoms with E-state index in [9.17, 15) is 9.59 Å². The number of nitrogens with two attached hydrogens (primary N) is 1. The summed E-state index contributed by atoms with van der Waals surface area (Å²) in [5.74, 6) is -0.0345. The first-order valence-electron chi connectivity index (χ1n) is 8.13. The number of carbonyl (C=O) groups excluding carboxylic acids is 2. The highest BCUT2D eigenvalue weighted by Crippen LogP contribution is 2.17. The second kappa shape index (κ2) is 8.07. The third kappa shape index (κ3) is 7.00. The lowest BCUT2D eigenvalue weighted by atomic mass is 10.1. The zero-order chi connectivity index (χ0) is 20.1. The lowest BCUT2D eigenvalue weighted by molar-refractivity contribution is -0.000246. The molecule has 1 rings (SSSR count). The summed E-state index contributed by atoms with van der Waals surface area (Å²) < 4.78 is 10.6. The molecule has 0 heterocycles. The second-order valence-corrected chi connectivity index (χ2v) is 7.73. The maximum atomic E-state index is 12.4. The summed E-state index contributed by atoms with van der Waals surface area (Å²) >= 11 is 0. The van der Waals surface area contributed by atoms with Gasteiger partial charge in [-0.1, -0.05) is 29.4 Å². The molecule has 0 spiro atoms. The molecule has 0 fully saturated rings. The van der Waals surface area contributed by atoms with Gasteiger partial charge in [0, 0.05) is 5.56 Å². The van der Waals surface area contributed by atoms with Crippen molar-refractivity contribution < 1.29 is 24.3 Å². The Morgan fingerprint density at radius 3 is 1.77 bits per heavy atom. The quantitative estimate of drug-likeness (QED) is 0.367. The van der Waals surface area contributed by atoms with Crippen LogP contribution >= 0.6 is 0 Å². The Bertz CT molecular complexity index is 642. The number of amides is 2. The molecule has 0 aromatic heterocycles. The van der Waals surface area contributed by atoms with Crippen LogP contribution in [-0.2, 0) is 16.0 Å². The summed E-state index contributed by atoms with van der Waals surface area (Å²) in [5.41, 5.74) is 5.17. The first kappa shape index (κ1) is 21.3. The Labute approximate surface area is 153 Å². The first-order chi connectivity index (χ1) is 11.8. The average molecular weight is 365 g/mol. The van der Waals surface area contributed by atoms with Crippen LogP contribution in [0.3, 0.4) is 0 Å². The van der Waals surface area contributed by atoms with Gasteiger partial charge in [0.15, 0.2) is 5.84 Å². The van der Waals surface area contributed by atoms with Crippen LogP contribution in [0, 0.1) is 0 Å². The fraction of sp³-hybridized carbons (Fsp3) is 0.500. The molecule has 0 atom stereocenters. The van der Waals surface area contributed by atoms with Gasteiger partial charge in [-0.2, -0.15) is 0 Å². The smallest absolute Gasteiger partial charge is 0.420 e. The molecule has 0 saturated heterocycles. The Balaban J connectivity index is 3.04. The number of imide groups is 1. The highest BCUT2D eigenvalue weighted by Gasteiger charge is 2.31. The molecule has 0 bridgehead atoms. The van der Waals surface area contributed by atoms with Crippen LogP contribution < -0.4 is 5.73 Å². The Hall–Kier alpha value is -2.77. The molecule has 0 aliphatic rings.